The van der Waals surface area contributed by atoms with Gasteiger partial charge in [0.25, 0.3) is 0 Å². The summed E-state index contributed by atoms with van der Waals surface area (Å²) in [4.78, 5) is 23.1. The molecule has 0 saturated carbocycles. The predicted molar refractivity (Wildman–Crippen MR) is 86.2 cm³/mol. The van der Waals surface area contributed by atoms with Crippen LogP contribution >= 0.6 is 0 Å². The molecule has 2 aromatic rings. The van der Waals surface area contributed by atoms with E-state index in [0.29, 0.717) is 17.0 Å². The van der Waals surface area contributed by atoms with Crippen molar-refractivity contribution in [2.75, 3.05) is 0 Å². The molecule has 0 spiro atoms. The number of carbonyl (C=O) groups is 1. The fourth-order valence-electron chi connectivity index (χ4n) is 1.95. The number of nitrogens with zero attached hydrogens (tertiary/aromatic N) is 3. The van der Waals surface area contributed by atoms with Crippen LogP contribution in [0.2, 0.25) is 0 Å². The van der Waals surface area contributed by atoms with E-state index in [-0.39, 0.29) is 22.2 Å². The Labute approximate surface area is 149 Å². The van der Waals surface area contributed by atoms with Crippen LogP contribution in [0.5, 0.6) is 0 Å². The van der Waals surface area contributed by atoms with Crippen molar-refractivity contribution in [3.8, 4) is 0 Å². The molecular formula is C17H16N3NiO3-. The third kappa shape index (κ3) is 5.00. The van der Waals surface area contributed by atoms with Crippen LogP contribution < -0.4 is 5.11 Å². The molecule has 7 heteroatoms. The van der Waals surface area contributed by atoms with Gasteiger partial charge in [-0.15, -0.1) is 0 Å². The van der Waals surface area contributed by atoms with Gasteiger partial charge in [0.2, 0.25) is 0 Å². The van der Waals surface area contributed by atoms with Crippen molar-refractivity contribution in [2.24, 2.45) is 9.98 Å². The van der Waals surface area contributed by atoms with Gasteiger partial charge in [0.1, 0.15) is 6.04 Å². The number of aliphatic carboxylic acids is 1. The molecule has 128 valence electrons. The summed E-state index contributed by atoms with van der Waals surface area (Å²) >= 11 is 0. The Bertz CT molecular complexity index is 761. The number of carboxylic acid groups (broad SMARTS) is 1. The van der Waals surface area contributed by atoms with Gasteiger partial charge in [-0.25, -0.2) is 4.79 Å². The van der Waals surface area contributed by atoms with E-state index in [1.165, 1.54) is 13.1 Å². The first kappa shape index (κ1) is 19.5. The summed E-state index contributed by atoms with van der Waals surface area (Å²) in [5.41, 5.74) is 1.80. The fourth-order valence-corrected chi connectivity index (χ4v) is 1.95. The summed E-state index contributed by atoms with van der Waals surface area (Å²) in [5, 5.41) is 21.1. The van der Waals surface area contributed by atoms with E-state index in [1.807, 2.05) is 0 Å². The molecule has 0 aliphatic heterocycles. The van der Waals surface area contributed by atoms with Gasteiger partial charge in [0.15, 0.2) is 0 Å². The Morgan fingerprint density at radius 2 is 1.88 bits per heavy atom. The maximum atomic E-state index is 12.2. The number of aliphatic imine (C=N–C) groups is 2. The predicted octanol–water partition coefficient (Wildman–Crippen LogP) is 1.80. The quantitative estimate of drug-likeness (QED) is 0.494. The molecule has 0 saturated heterocycles. The van der Waals surface area contributed by atoms with Crippen molar-refractivity contribution in [2.45, 2.75) is 19.9 Å². The van der Waals surface area contributed by atoms with Crippen LogP contribution in [0.15, 0.2) is 58.6 Å². The summed E-state index contributed by atoms with van der Waals surface area (Å²) in [6, 6.07) is 11.1. The number of aromatic nitrogens is 1. The molecule has 0 amide bonds. The minimum absolute atomic E-state index is 0. The largest absolute Gasteiger partial charge is 0.857 e. The van der Waals surface area contributed by atoms with Crippen LogP contribution in [0.25, 0.3) is 0 Å². The van der Waals surface area contributed by atoms with Crippen LogP contribution in [0.3, 0.4) is 0 Å². The van der Waals surface area contributed by atoms with Gasteiger partial charge >= 0.3 is 5.97 Å². The first-order valence-corrected chi connectivity index (χ1v) is 7.02. The monoisotopic (exact) mass is 368 g/mol. The number of hydrogen-bond acceptors (Lipinski definition) is 5. The molecule has 1 heterocycles. The molecule has 0 aliphatic rings. The molecule has 0 fully saturated rings. The molecule has 1 aromatic heterocycles. The van der Waals surface area contributed by atoms with Crippen molar-refractivity contribution in [3.05, 3.63) is 59.9 Å². The first-order chi connectivity index (χ1) is 11.0. The maximum Gasteiger partial charge on any atom is 0.328 e. The van der Waals surface area contributed by atoms with Crippen molar-refractivity contribution < 1.29 is 31.5 Å². The third-order valence-corrected chi connectivity index (χ3v) is 3.14. The number of rotatable bonds is 5. The summed E-state index contributed by atoms with van der Waals surface area (Å²) in [6.07, 6.45) is 1.52. The van der Waals surface area contributed by atoms with Gasteiger partial charge in [-0.2, -0.15) is 0 Å². The van der Waals surface area contributed by atoms with Crippen molar-refractivity contribution in [3.63, 3.8) is 0 Å². The van der Waals surface area contributed by atoms with Crippen molar-refractivity contribution in [1.29, 1.82) is 0 Å². The van der Waals surface area contributed by atoms with E-state index in [4.69, 9.17) is 5.11 Å². The summed E-state index contributed by atoms with van der Waals surface area (Å²) in [6.45, 7) is 3.18. The topological polar surface area (TPSA) is 98.0 Å². The molecule has 24 heavy (non-hydrogen) atoms. The Morgan fingerprint density at radius 1 is 1.21 bits per heavy atom. The smallest absolute Gasteiger partial charge is 0.328 e. The maximum absolute atomic E-state index is 12.2. The standard InChI is InChI=1S/C17H17N3O3.Ni/c1-11(19-12(2)17(22)23)13-7-3-4-8-14(13)20-16(21)15-9-5-6-10-18-15;/h3-10,12H,1-2H3,(H,20,21)(H,22,23);/p-1. The molecule has 0 aliphatic carbocycles. The zero-order valence-electron chi connectivity index (χ0n) is 13.1. The van der Waals surface area contributed by atoms with E-state index in [2.05, 4.69) is 15.0 Å². The molecule has 1 N–H and O–H groups in total. The van der Waals surface area contributed by atoms with Crippen LogP contribution in [-0.2, 0) is 21.3 Å². The number of carboxylic acids is 1. The number of hydrogen-bond donors (Lipinski definition) is 1. The summed E-state index contributed by atoms with van der Waals surface area (Å²) < 4.78 is 0. The van der Waals surface area contributed by atoms with Crippen molar-refractivity contribution in [1.82, 2.24) is 4.98 Å². The molecule has 1 unspecified atom stereocenters. The normalized spacial score (nSPS) is 13.1. The van der Waals surface area contributed by atoms with Gasteiger partial charge < -0.3 is 10.2 Å². The minimum atomic E-state index is -1.01. The molecule has 2 rings (SSSR count). The minimum Gasteiger partial charge on any atom is -0.857 e. The first-order valence-electron chi connectivity index (χ1n) is 7.02. The van der Waals surface area contributed by atoms with Crippen LogP contribution in [-0.4, -0.2) is 33.7 Å². The van der Waals surface area contributed by atoms with Gasteiger partial charge in [-0.1, -0.05) is 24.3 Å². The number of pyridine rings is 1. The molecule has 0 bridgehead atoms. The Hall–Kier alpha value is -2.53. The van der Waals surface area contributed by atoms with Crippen LogP contribution in [0, 0.1) is 0 Å². The Balaban J connectivity index is 0.00000288. The summed E-state index contributed by atoms with van der Waals surface area (Å²) in [5.74, 6) is -1.47. The Morgan fingerprint density at radius 3 is 2.50 bits per heavy atom. The van der Waals surface area contributed by atoms with E-state index in [1.54, 1.807) is 49.4 Å². The van der Waals surface area contributed by atoms with Gasteiger partial charge in [0.05, 0.1) is 11.4 Å². The molecule has 0 radical (unpaired) electrons. The molecule has 1 aromatic carbocycles. The molecule has 1 atom stereocenters. The zero-order valence-corrected chi connectivity index (χ0v) is 14.1. The van der Waals surface area contributed by atoms with Crippen LogP contribution in [0.1, 0.15) is 25.1 Å². The van der Waals surface area contributed by atoms with Crippen LogP contribution in [0.4, 0.5) is 5.69 Å². The van der Waals surface area contributed by atoms with E-state index >= 15 is 0 Å². The average Bonchev–Trinajstić information content (AvgIpc) is 2.55. The average molecular weight is 369 g/mol. The second-order valence-corrected chi connectivity index (χ2v) is 4.88. The SMILES string of the molecule is CC(=NC(C)C(=O)O)c1ccccc1N=C([O-])c1ccccn1.[Ni]. The van der Waals surface area contributed by atoms with Gasteiger partial charge in [0, 0.05) is 39.9 Å². The second-order valence-electron chi connectivity index (χ2n) is 4.88. The number of benzene rings is 1. The van der Waals surface area contributed by atoms with E-state index in [0.717, 1.165) is 0 Å². The van der Waals surface area contributed by atoms with Crippen molar-refractivity contribution >= 4 is 23.3 Å². The third-order valence-electron chi connectivity index (χ3n) is 3.14. The molecule has 6 nitrogen and oxygen atoms in total. The second kappa shape index (κ2) is 8.94. The van der Waals surface area contributed by atoms with E-state index < -0.39 is 17.9 Å². The zero-order chi connectivity index (χ0) is 16.8. The molecular weight excluding hydrogens is 353 g/mol. The fraction of sp³-hybridized carbons (Fsp3) is 0.176. The van der Waals surface area contributed by atoms with E-state index in [9.17, 15) is 9.90 Å². The van der Waals surface area contributed by atoms with Gasteiger partial charge in [-0.3, -0.25) is 15.0 Å². The number of para-hydroxylation sites is 1. The summed E-state index contributed by atoms with van der Waals surface area (Å²) in [7, 11) is 0. The Kier molecular flexibility index (Phi) is 7.27. The van der Waals surface area contributed by atoms with Gasteiger partial charge in [-0.05, 0) is 32.0 Å².